The van der Waals surface area contributed by atoms with Gasteiger partial charge < -0.3 is 5.32 Å². The minimum Gasteiger partial charge on any atom is -0.325 e. The molecular weight excluding hydrogens is 253 g/mol. The molecule has 0 saturated heterocycles. The van der Waals surface area contributed by atoms with Crippen molar-refractivity contribution in [2.24, 2.45) is 16.7 Å². The van der Waals surface area contributed by atoms with Gasteiger partial charge in [0.2, 0.25) is 5.91 Å². The highest BCUT2D eigenvalue weighted by Crippen LogP contribution is 2.65. The van der Waals surface area contributed by atoms with Gasteiger partial charge in [0.15, 0.2) is 0 Å². The van der Waals surface area contributed by atoms with E-state index < -0.39 is 5.41 Å². The van der Waals surface area contributed by atoms with Crippen LogP contribution in [-0.2, 0) is 4.79 Å². The molecule has 0 aromatic heterocycles. The molecule has 106 valence electrons. The lowest BCUT2D eigenvalue weighted by atomic mass is 9.68. The molecule has 2 aliphatic carbocycles. The fourth-order valence-corrected chi connectivity index (χ4v) is 3.93. The predicted molar refractivity (Wildman–Crippen MR) is 77.7 cm³/mol. The highest BCUT2D eigenvalue weighted by molar-refractivity contribution is 5.98. The Kier molecular flexibility index (Phi) is 2.79. The number of rotatable bonds is 2. The summed E-state index contributed by atoms with van der Waals surface area (Å²) in [5.74, 6) is 0.268. The van der Waals surface area contributed by atoms with E-state index >= 15 is 0 Å². The second-order valence-corrected chi connectivity index (χ2v) is 6.68. The van der Waals surface area contributed by atoms with Gasteiger partial charge in [-0.15, -0.1) is 0 Å². The lowest BCUT2D eigenvalue weighted by Crippen LogP contribution is -2.37. The lowest BCUT2D eigenvalue weighted by molar-refractivity contribution is -0.123. The third-order valence-corrected chi connectivity index (χ3v) is 5.43. The number of carbonyl (C=O) groups excluding carboxylic acids is 1. The van der Waals surface area contributed by atoms with Crippen molar-refractivity contribution in [2.75, 3.05) is 5.32 Å². The molecule has 2 fully saturated rings. The molecule has 20 heavy (non-hydrogen) atoms. The van der Waals surface area contributed by atoms with Crippen LogP contribution < -0.4 is 5.32 Å². The van der Waals surface area contributed by atoms with Gasteiger partial charge in [-0.1, -0.05) is 26.0 Å². The molecule has 0 unspecified atom stereocenters. The minimum atomic E-state index is -0.428. The maximum Gasteiger partial charge on any atom is 0.234 e. The highest BCUT2D eigenvalue weighted by atomic mass is 19.1. The number of halogens is 1. The highest BCUT2D eigenvalue weighted by Gasteiger charge is 2.60. The van der Waals surface area contributed by atoms with Gasteiger partial charge in [0.25, 0.3) is 0 Å². The van der Waals surface area contributed by atoms with Crippen LogP contribution in [0, 0.1) is 22.6 Å². The third-order valence-electron chi connectivity index (χ3n) is 5.43. The van der Waals surface area contributed by atoms with Gasteiger partial charge in [0.1, 0.15) is 5.82 Å². The normalized spacial score (nSPS) is 30.6. The van der Waals surface area contributed by atoms with Crippen LogP contribution in [0.1, 0.15) is 33.1 Å². The topological polar surface area (TPSA) is 29.1 Å². The van der Waals surface area contributed by atoms with E-state index in [1.807, 2.05) is 0 Å². The number of nitrogens with one attached hydrogen (secondary N) is 1. The van der Waals surface area contributed by atoms with Gasteiger partial charge in [-0.05, 0) is 54.9 Å². The average molecular weight is 273 g/mol. The maximum absolute atomic E-state index is 12.9. The van der Waals surface area contributed by atoms with Crippen LogP contribution in [0.2, 0.25) is 0 Å². The minimum absolute atomic E-state index is 0.0159. The van der Waals surface area contributed by atoms with Crippen molar-refractivity contribution in [2.45, 2.75) is 33.1 Å². The van der Waals surface area contributed by atoms with Crippen LogP contribution in [0.4, 0.5) is 10.1 Å². The predicted octanol–water partition coefficient (Wildman–Crippen LogP) is 4.15. The third kappa shape index (κ3) is 1.72. The van der Waals surface area contributed by atoms with Gasteiger partial charge in [-0.2, -0.15) is 0 Å². The summed E-state index contributed by atoms with van der Waals surface area (Å²) < 4.78 is 12.9. The number of hydrogen-bond acceptors (Lipinski definition) is 1. The molecular formula is C17H20FNO. The molecule has 2 bridgehead atoms. The van der Waals surface area contributed by atoms with E-state index in [9.17, 15) is 9.18 Å². The van der Waals surface area contributed by atoms with E-state index in [1.54, 1.807) is 12.1 Å². The smallest absolute Gasteiger partial charge is 0.234 e. The Bertz CT molecular complexity index is 575. The van der Waals surface area contributed by atoms with Gasteiger partial charge >= 0.3 is 0 Å². The summed E-state index contributed by atoms with van der Waals surface area (Å²) >= 11 is 0. The van der Waals surface area contributed by atoms with E-state index in [-0.39, 0.29) is 17.1 Å². The number of fused-ring (bicyclic) bond motifs is 2. The lowest BCUT2D eigenvalue weighted by Gasteiger charge is -2.37. The monoisotopic (exact) mass is 273 g/mol. The van der Waals surface area contributed by atoms with Gasteiger partial charge in [-0.25, -0.2) is 4.39 Å². The summed E-state index contributed by atoms with van der Waals surface area (Å²) in [7, 11) is 0. The zero-order valence-corrected chi connectivity index (χ0v) is 12.0. The average Bonchev–Trinajstić information content (AvgIpc) is 2.93. The summed E-state index contributed by atoms with van der Waals surface area (Å²) in [6, 6.07) is 5.91. The Morgan fingerprint density at radius 2 is 2.00 bits per heavy atom. The Labute approximate surface area is 119 Å². The summed E-state index contributed by atoms with van der Waals surface area (Å²) in [5.41, 5.74) is 1.31. The number of anilines is 1. The number of hydrogen-bond donors (Lipinski definition) is 1. The van der Waals surface area contributed by atoms with Crippen molar-refractivity contribution in [1.29, 1.82) is 0 Å². The standard InChI is InChI=1S/C17H20FNO/c1-11-16(2,3)12-8-9-17(11,10-12)15(20)19-14-6-4-13(18)5-7-14/h4-7,12H,1,8-10H2,2-3H3,(H,19,20)/t12-,17-/m0/s1. The molecule has 1 amide bonds. The molecule has 0 heterocycles. The first-order valence-electron chi connectivity index (χ1n) is 7.13. The van der Waals surface area contributed by atoms with Crippen molar-refractivity contribution in [3.05, 3.63) is 42.2 Å². The van der Waals surface area contributed by atoms with Crippen LogP contribution in [0.15, 0.2) is 36.4 Å². The Balaban J connectivity index is 1.84. The van der Waals surface area contributed by atoms with E-state index in [2.05, 4.69) is 25.7 Å². The van der Waals surface area contributed by atoms with Gasteiger partial charge in [0.05, 0.1) is 5.41 Å². The van der Waals surface area contributed by atoms with Crippen LogP contribution in [0.3, 0.4) is 0 Å². The van der Waals surface area contributed by atoms with E-state index in [0.29, 0.717) is 11.6 Å². The molecule has 0 radical (unpaired) electrons. The van der Waals surface area contributed by atoms with Crippen molar-refractivity contribution in [3.8, 4) is 0 Å². The molecule has 2 aliphatic rings. The second-order valence-electron chi connectivity index (χ2n) is 6.68. The number of carbonyl (C=O) groups is 1. The Hall–Kier alpha value is -1.64. The Morgan fingerprint density at radius 3 is 2.55 bits per heavy atom. The van der Waals surface area contributed by atoms with Crippen LogP contribution in [0.5, 0.6) is 0 Å². The fourth-order valence-electron chi connectivity index (χ4n) is 3.93. The molecule has 3 heteroatoms. The summed E-state index contributed by atoms with van der Waals surface area (Å²) in [4.78, 5) is 12.7. The molecule has 0 aliphatic heterocycles. The molecule has 2 nitrogen and oxygen atoms in total. The van der Waals surface area contributed by atoms with Crippen molar-refractivity contribution in [3.63, 3.8) is 0 Å². The Morgan fingerprint density at radius 1 is 1.35 bits per heavy atom. The van der Waals surface area contributed by atoms with Crippen LogP contribution >= 0.6 is 0 Å². The zero-order valence-electron chi connectivity index (χ0n) is 12.0. The maximum atomic E-state index is 12.9. The molecule has 0 spiro atoms. The summed E-state index contributed by atoms with van der Waals surface area (Å²) in [6.45, 7) is 8.59. The summed E-state index contributed by atoms with van der Waals surface area (Å²) in [6.07, 6.45) is 2.86. The first-order valence-corrected chi connectivity index (χ1v) is 7.13. The molecule has 1 N–H and O–H groups in total. The molecule has 1 aromatic rings. The first-order chi connectivity index (χ1) is 9.36. The first kappa shape index (κ1) is 13.3. The molecule has 3 rings (SSSR count). The number of amides is 1. The van der Waals surface area contributed by atoms with Crippen molar-refractivity contribution < 1.29 is 9.18 Å². The molecule has 1 aromatic carbocycles. The van der Waals surface area contributed by atoms with E-state index in [1.165, 1.54) is 12.1 Å². The van der Waals surface area contributed by atoms with Crippen molar-refractivity contribution >= 4 is 11.6 Å². The van der Waals surface area contributed by atoms with Crippen molar-refractivity contribution in [1.82, 2.24) is 0 Å². The van der Waals surface area contributed by atoms with E-state index in [4.69, 9.17) is 0 Å². The number of benzene rings is 1. The molecule has 2 atom stereocenters. The van der Waals surface area contributed by atoms with E-state index in [0.717, 1.165) is 24.8 Å². The largest absolute Gasteiger partial charge is 0.325 e. The molecule has 2 saturated carbocycles. The van der Waals surface area contributed by atoms with Gasteiger partial charge in [-0.3, -0.25) is 4.79 Å². The second kappa shape index (κ2) is 4.18. The SMILES string of the molecule is C=C1C(C)(C)[C@H]2CC[C@]1(C(=O)Nc1ccc(F)cc1)C2. The quantitative estimate of drug-likeness (QED) is 0.806. The van der Waals surface area contributed by atoms with Crippen LogP contribution in [0.25, 0.3) is 0 Å². The zero-order chi connectivity index (χ0) is 14.5. The summed E-state index contributed by atoms with van der Waals surface area (Å²) in [5, 5.41) is 2.93. The van der Waals surface area contributed by atoms with Crippen LogP contribution in [-0.4, -0.2) is 5.91 Å². The van der Waals surface area contributed by atoms with Gasteiger partial charge in [0, 0.05) is 5.69 Å². The fraction of sp³-hybridized carbons (Fsp3) is 0.471.